The van der Waals surface area contributed by atoms with Crippen molar-refractivity contribution in [1.29, 1.82) is 0 Å². The number of hydrogen-bond donors (Lipinski definition) is 1. The van der Waals surface area contributed by atoms with Gasteiger partial charge in [-0.05, 0) is 41.6 Å². The van der Waals surface area contributed by atoms with E-state index in [0.29, 0.717) is 0 Å². The van der Waals surface area contributed by atoms with Crippen molar-refractivity contribution in [2.24, 2.45) is 0 Å². The number of anilines is 1. The average molecular weight is 297 g/mol. The van der Waals surface area contributed by atoms with Gasteiger partial charge in [0.2, 0.25) is 0 Å². The zero-order valence-electron chi connectivity index (χ0n) is 7.10. The van der Waals surface area contributed by atoms with Crippen molar-refractivity contribution >= 4 is 28.3 Å². The second-order valence-corrected chi connectivity index (χ2v) is 3.91. The van der Waals surface area contributed by atoms with Gasteiger partial charge >= 0.3 is 0 Å². The quantitative estimate of drug-likeness (QED) is 0.844. The molecule has 0 aliphatic rings. The van der Waals surface area contributed by atoms with Crippen LogP contribution in [0.1, 0.15) is 6.92 Å². The average Bonchev–Trinajstić information content (AvgIpc) is 2.08. The molecule has 1 atom stereocenters. The molecule has 0 heterocycles. The first-order chi connectivity index (χ1) is 6.11. The van der Waals surface area contributed by atoms with Crippen molar-refractivity contribution in [1.82, 2.24) is 0 Å². The number of nitrogens with one attached hydrogen (secondary N) is 1. The van der Waals surface area contributed by atoms with Gasteiger partial charge in [-0.3, -0.25) is 0 Å². The van der Waals surface area contributed by atoms with Crippen LogP contribution in [0.15, 0.2) is 24.3 Å². The van der Waals surface area contributed by atoms with Gasteiger partial charge in [-0.2, -0.15) is 0 Å². The van der Waals surface area contributed by atoms with Crippen molar-refractivity contribution in [2.75, 3.05) is 5.32 Å². The van der Waals surface area contributed by atoms with Gasteiger partial charge in [0, 0.05) is 9.26 Å². The van der Waals surface area contributed by atoms with Crippen LogP contribution in [0, 0.1) is 3.57 Å². The molecule has 1 aromatic carbocycles. The Kier molecular flexibility index (Phi) is 3.90. The summed E-state index contributed by atoms with van der Waals surface area (Å²) in [6.45, 7) is 1.47. The summed E-state index contributed by atoms with van der Waals surface area (Å²) >= 11 is 2.11. The summed E-state index contributed by atoms with van der Waals surface area (Å²) in [5.41, 5.74) is 0.760. The number of rotatable bonds is 3. The lowest BCUT2D eigenvalue weighted by atomic mass is 10.3. The number of halogens is 3. The van der Waals surface area contributed by atoms with E-state index in [4.69, 9.17) is 0 Å². The third-order valence-corrected chi connectivity index (χ3v) is 2.58. The van der Waals surface area contributed by atoms with E-state index in [1.165, 1.54) is 6.92 Å². The molecule has 0 saturated heterocycles. The fourth-order valence-corrected chi connectivity index (χ4v) is 1.43. The van der Waals surface area contributed by atoms with Gasteiger partial charge in [-0.25, -0.2) is 8.78 Å². The largest absolute Gasteiger partial charge is 0.376 e. The molecule has 0 fully saturated rings. The van der Waals surface area contributed by atoms with E-state index in [9.17, 15) is 8.78 Å². The van der Waals surface area contributed by atoms with Crippen LogP contribution in [-0.2, 0) is 0 Å². The highest BCUT2D eigenvalue weighted by Gasteiger charge is 2.14. The standard InChI is InChI=1S/C9H10F2IN/c1-6(9(10)11)13-8-5-3-2-4-7(8)12/h2-6,9,13H,1H3. The summed E-state index contributed by atoms with van der Waals surface area (Å²) in [4.78, 5) is 0. The molecule has 1 nitrogen and oxygen atoms in total. The molecule has 0 bridgehead atoms. The van der Waals surface area contributed by atoms with E-state index in [2.05, 4.69) is 27.9 Å². The molecule has 1 aromatic rings. The molecule has 1 N–H and O–H groups in total. The normalized spacial score (nSPS) is 13.0. The first-order valence-corrected chi connectivity index (χ1v) is 4.98. The van der Waals surface area contributed by atoms with E-state index in [1.54, 1.807) is 6.07 Å². The summed E-state index contributed by atoms with van der Waals surface area (Å²) < 4.78 is 25.3. The van der Waals surface area contributed by atoms with Crippen molar-refractivity contribution in [3.05, 3.63) is 27.8 Å². The predicted molar refractivity (Wildman–Crippen MR) is 58.2 cm³/mol. The highest BCUT2D eigenvalue weighted by Crippen LogP contribution is 2.19. The molecule has 0 spiro atoms. The molecule has 0 amide bonds. The molecule has 1 rings (SSSR count). The van der Waals surface area contributed by atoms with Gasteiger partial charge in [-0.1, -0.05) is 12.1 Å². The topological polar surface area (TPSA) is 12.0 Å². The third kappa shape index (κ3) is 3.10. The van der Waals surface area contributed by atoms with E-state index in [1.807, 2.05) is 18.2 Å². The SMILES string of the molecule is CC(Nc1ccccc1I)C(F)F. The van der Waals surface area contributed by atoms with Crippen LogP contribution in [-0.4, -0.2) is 12.5 Å². The molecule has 0 aliphatic carbocycles. The summed E-state index contributed by atoms with van der Waals surface area (Å²) in [6, 6.07) is 6.56. The van der Waals surface area contributed by atoms with Crippen molar-refractivity contribution < 1.29 is 8.78 Å². The molecule has 0 aliphatic heterocycles. The van der Waals surface area contributed by atoms with Gasteiger partial charge in [-0.15, -0.1) is 0 Å². The lowest BCUT2D eigenvalue weighted by Gasteiger charge is -2.14. The Bertz CT molecular complexity index is 278. The number of hydrogen-bond acceptors (Lipinski definition) is 1. The highest BCUT2D eigenvalue weighted by atomic mass is 127. The Hall–Kier alpha value is -0.390. The molecule has 0 radical (unpaired) electrons. The minimum Gasteiger partial charge on any atom is -0.376 e. The lowest BCUT2D eigenvalue weighted by molar-refractivity contribution is 0.130. The van der Waals surface area contributed by atoms with E-state index >= 15 is 0 Å². The monoisotopic (exact) mass is 297 g/mol. The minimum atomic E-state index is -2.34. The summed E-state index contributed by atoms with van der Waals surface area (Å²) in [5.74, 6) is 0. The van der Waals surface area contributed by atoms with Crippen molar-refractivity contribution in [3.8, 4) is 0 Å². The zero-order valence-corrected chi connectivity index (χ0v) is 9.26. The van der Waals surface area contributed by atoms with Crippen LogP contribution in [0.5, 0.6) is 0 Å². The van der Waals surface area contributed by atoms with Crippen LogP contribution in [0.2, 0.25) is 0 Å². The van der Waals surface area contributed by atoms with Crippen LogP contribution >= 0.6 is 22.6 Å². The number of alkyl halides is 2. The zero-order chi connectivity index (χ0) is 9.84. The smallest absolute Gasteiger partial charge is 0.258 e. The van der Waals surface area contributed by atoms with Gasteiger partial charge in [0.15, 0.2) is 0 Å². The minimum absolute atomic E-state index is 0.760. The fraction of sp³-hybridized carbons (Fsp3) is 0.333. The molecule has 1 unspecified atom stereocenters. The van der Waals surface area contributed by atoms with Crippen LogP contribution < -0.4 is 5.32 Å². The summed E-state index contributed by atoms with van der Waals surface area (Å²) in [6.07, 6.45) is -2.34. The Labute approximate surface area is 89.7 Å². The van der Waals surface area contributed by atoms with Gasteiger partial charge in [0.25, 0.3) is 6.43 Å². The van der Waals surface area contributed by atoms with Gasteiger partial charge in [0.05, 0.1) is 6.04 Å². The highest BCUT2D eigenvalue weighted by molar-refractivity contribution is 14.1. The second kappa shape index (κ2) is 4.74. The summed E-state index contributed by atoms with van der Waals surface area (Å²) in [5, 5.41) is 2.75. The Morgan fingerprint density at radius 3 is 2.46 bits per heavy atom. The number of benzene rings is 1. The van der Waals surface area contributed by atoms with Crippen LogP contribution in [0.25, 0.3) is 0 Å². The molecular weight excluding hydrogens is 287 g/mol. The Balaban J connectivity index is 2.69. The fourth-order valence-electron chi connectivity index (χ4n) is 0.887. The maximum Gasteiger partial charge on any atom is 0.258 e. The lowest BCUT2D eigenvalue weighted by Crippen LogP contribution is -2.24. The molecule has 72 valence electrons. The third-order valence-electron chi connectivity index (χ3n) is 1.63. The molecular formula is C9H10F2IN. The molecule has 4 heteroatoms. The van der Waals surface area contributed by atoms with Crippen LogP contribution in [0.3, 0.4) is 0 Å². The first-order valence-electron chi connectivity index (χ1n) is 3.90. The Morgan fingerprint density at radius 1 is 1.31 bits per heavy atom. The maximum absolute atomic E-state index is 12.2. The van der Waals surface area contributed by atoms with Crippen molar-refractivity contribution in [2.45, 2.75) is 19.4 Å². The van der Waals surface area contributed by atoms with Crippen LogP contribution in [0.4, 0.5) is 14.5 Å². The van der Waals surface area contributed by atoms with Gasteiger partial charge < -0.3 is 5.32 Å². The Morgan fingerprint density at radius 2 is 1.92 bits per heavy atom. The summed E-state index contributed by atoms with van der Waals surface area (Å²) in [7, 11) is 0. The van der Waals surface area contributed by atoms with E-state index in [-0.39, 0.29) is 0 Å². The second-order valence-electron chi connectivity index (χ2n) is 2.75. The van der Waals surface area contributed by atoms with Crippen molar-refractivity contribution in [3.63, 3.8) is 0 Å². The van der Waals surface area contributed by atoms with E-state index < -0.39 is 12.5 Å². The molecule has 0 saturated carbocycles. The number of para-hydroxylation sites is 1. The van der Waals surface area contributed by atoms with E-state index in [0.717, 1.165) is 9.26 Å². The molecule has 0 aromatic heterocycles. The van der Waals surface area contributed by atoms with Gasteiger partial charge in [0.1, 0.15) is 0 Å². The first kappa shape index (κ1) is 10.7. The maximum atomic E-state index is 12.2. The predicted octanol–water partition coefficient (Wildman–Crippen LogP) is 3.36. The molecule has 13 heavy (non-hydrogen) atoms.